The quantitative estimate of drug-likeness (QED) is 0.782. The standard InChI is InChI=1S/C7H9F3N2O2/c8-7(9,10)6-3-4(12-14-6)5(13)1-2-11/h3,5,13H,1-2,11H2. The van der Waals surface area contributed by atoms with E-state index in [0.29, 0.717) is 6.07 Å². The Labute approximate surface area is 77.5 Å². The molecule has 1 atom stereocenters. The van der Waals surface area contributed by atoms with Gasteiger partial charge < -0.3 is 15.4 Å². The summed E-state index contributed by atoms with van der Waals surface area (Å²) in [7, 11) is 0. The van der Waals surface area contributed by atoms with Crippen LogP contribution in [-0.4, -0.2) is 16.8 Å². The van der Waals surface area contributed by atoms with Crippen molar-refractivity contribution in [3.8, 4) is 0 Å². The van der Waals surface area contributed by atoms with Crippen LogP contribution in [0.4, 0.5) is 13.2 Å². The van der Waals surface area contributed by atoms with Crippen LogP contribution in [0.25, 0.3) is 0 Å². The largest absolute Gasteiger partial charge is 0.452 e. The summed E-state index contributed by atoms with van der Waals surface area (Å²) < 4.78 is 40.1. The van der Waals surface area contributed by atoms with E-state index >= 15 is 0 Å². The van der Waals surface area contributed by atoms with Crippen LogP contribution >= 0.6 is 0 Å². The van der Waals surface area contributed by atoms with Gasteiger partial charge in [-0.05, 0) is 13.0 Å². The molecule has 0 radical (unpaired) electrons. The fraction of sp³-hybridized carbons (Fsp3) is 0.571. The van der Waals surface area contributed by atoms with Crippen LogP contribution < -0.4 is 5.73 Å². The zero-order chi connectivity index (χ0) is 10.8. The topological polar surface area (TPSA) is 72.3 Å². The van der Waals surface area contributed by atoms with Gasteiger partial charge in [-0.3, -0.25) is 0 Å². The predicted molar refractivity (Wildman–Crippen MR) is 40.1 cm³/mol. The maximum absolute atomic E-state index is 12.0. The molecular formula is C7H9F3N2O2. The summed E-state index contributed by atoms with van der Waals surface area (Å²) in [5.41, 5.74) is 4.97. The monoisotopic (exact) mass is 210 g/mol. The Bertz CT molecular complexity index is 297. The SMILES string of the molecule is NCCC(O)c1cc(C(F)(F)F)on1. The van der Waals surface area contributed by atoms with Gasteiger partial charge in [-0.25, -0.2) is 0 Å². The molecule has 0 aliphatic carbocycles. The third-order valence-electron chi connectivity index (χ3n) is 1.59. The van der Waals surface area contributed by atoms with Crippen molar-refractivity contribution in [2.75, 3.05) is 6.54 Å². The Hall–Kier alpha value is -1.08. The third-order valence-corrected chi connectivity index (χ3v) is 1.59. The van der Waals surface area contributed by atoms with E-state index in [0.717, 1.165) is 0 Å². The molecule has 80 valence electrons. The van der Waals surface area contributed by atoms with Crippen LogP contribution in [0.2, 0.25) is 0 Å². The van der Waals surface area contributed by atoms with Crippen LogP contribution in [0.1, 0.15) is 24.0 Å². The lowest BCUT2D eigenvalue weighted by molar-refractivity contribution is -0.155. The summed E-state index contributed by atoms with van der Waals surface area (Å²) >= 11 is 0. The van der Waals surface area contributed by atoms with Crippen molar-refractivity contribution in [1.29, 1.82) is 0 Å². The Balaban J connectivity index is 2.78. The van der Waals surface area contributed by atoms with Gasteiger partial charge >= 0.3 is 6.18 Å². The Morgan fingerprint density at radius 3 is 2.64 bits per heavy atom. The van der Waals surface area contributed by atoms with Crippen molar-refractivity contribution in [3.05, 3.63) is 17.5 Å². The molecule has 1 unspecified atom stereocenters. The van der Waals surface area contributed by atoms with Crippen molar-refractivity contribution in [2.45, 2.75) is 18.7 Å². The van der Waals surface area contributed by atoms with Gasteiger partial charge in [0.1, 0.15) is 11.8 Å². The van der Waals surface area contributed by atoms with Gasteiger partial charge in [-0.15, -0.1) is 0 Å². The molecule has 7 heteroatoms. The number of rotatable bonds is 3. The molecule has 14 heavy (non-hydrogen) atoms. The molecule has 4 nitrogen and oxygen atoms in total. The first kappa shape index (κ1) is 11.0. The van der Waals surface area contributed by atoms with Gasteiger partial charge in [0, 0.05) is 6.07 Å². The minimum Gasteiger partial charge on any atom is -0.387 e. The van der Waals surface area contributed by atoms with Crippen molar-refractivity contribution in [1.82, 2.24) is 5.16 Å². The highest BCUT2D eigenvalue weighted by Gasteiger charge is 2.36. The van der Waals surface area contributed by atoms with Gasteiger partial charge in [0.2, 0.25) is 5.76 Å². The summed E-state index contributed by atoms with van der Waals surface area (Å²) in [6, 6.07) is 0.667. The third kappa shape index (κ3) is 2.46. The molecule has 0 fully saturated rings. The fourth-order valence-corrected chi connectivity index (χ4v) is 0.885. The molecule has 0 spiro atoms. The molecule has 0 aliphatic rings. The van der Waals surface area contributed by atoms with Crippen LogP contribution in [-0.2, 0) is 6.18 Å². The van der Waals surface area contributed by atoms with Crippen LogP contribution in [0, 0.1) is 0 Å². The number of hydrogen-bond acceptors (Lipinski definition) is 4. The average Bonchev–Trinajstić information content (AvgIpc) is 2.51. The lowest BCUT2D eigenvalue weighted by Gasteiger charge is -2.02. The number of alkyl halides is 3. The maximum atomic E-state index is 12.0. The summed E-state index contributed by atoms with van der Waals surface area (Å²) in [5.74, 6) is -1.22. The predicted octanol–water partition coefficient (Wildman–Crippen LogP) is 1.08. The van der Waals surface area contributed by atoms with Gasteiger partial charge in [0.15, 0.2) is 0 Å². The highest BCUT2D eigenvalue weighted by atomic mass is 19.4. The van der Waals surface area contributed by atoms with Crippen molar-refractivity contribution in [3.63, 3.8) is 0 Å². The van der Waals surface area contributed by atoms with Crippen molar-refractivity contribution >= 4 is 0 Å². The van der Waals surface area contributed by atoms with E-state index in [2.05, 4.69) is 9.68 Å². The molecule has 1 rings (SSSR count). The number of aliphatic hydroxyl groups is 1. The van der Waals surface area contributed by atoms with E-state index in [1.165, 1.54) is 0 Å². The summed E-state index contributed by atoms with van der Waals surface area (Å²) in [6.07, 6.45) is -5.54. The van der Waals surface area contributed by atoms with E-state index in [-0.39, 0.29) is 18.7 Å². The molecule has 1 aromatic heterocycles. The normalized spacial score (nSPS) is 14.4. The van der Waals surface area contributed by atoms with Gasteiger partial charge in [0.05, 0.1) is 0 Å². The Kier molecular flexibility index (Phi) is 3.12. The highest BCUT2D eigenvalue weighted by molar-refractivity contribution is 5.10. The second-order valence-electron chi connectivity index (χ2n) is 2.71. The van der Waals surface area contributed by atoms with Crippen molar-refractivity contribution in [2.24, 2.45) is 5.73 Å². The van der Waals surface area contributed by atoms with Crippen LogP contribution in [0.15, 0.2) is 10.6 Å². The molecule has 1 heterocycles. The van der Waals surface area contributed by atoms with E-state index in [1.807, 2.05) is 0 Å². The molecule has 0 aromatic carbocycles. The number of hydrogen-bond donors (Lipinski definition) is 2. The summed E-state index contributed by atoms with van der Waals surface area (Å²) in [6.45, 7) is 0.162. The molecule has 0 saturated carbocycles. The molecule has 0 bridgehead atoms. The van der Waals surface area contributed by atoms with E-state index in [4.69, 9.17) is 5.73 Å². The minimum atomic E-state index is -4.58. The first-order valence-electron chi connectivity index (χ1n) is 3.87. The second kappa shape index (κ2) is 3.97. The molecule has 1 aromatic rings. The lowest BCUT2D eigenvalue weighted by Crippen LogP contribution is -2.07. The van der Waals surface area contributed by atoms with Crippen LogP contribution in [0.5, 0.6) is 0 Å². The van der Waals surface area contributed by atoms with E-state index in [1.54, 1.807) is 0 Å². The van der Waals surface area contributed by atoms with Gasteiger partial charge in [-0.1, -0.05) is 5.16 Å². The highest BCUT2D eigenvalue weighted by Crippen LogP contribution is 2.31. The second-order valence-corrected chi connectivity index (χ2v) is 2.71. The van der Waals surface area contributed by atoms with E-state index in [9.17, 15) is 18.3 Å². The fourth-order valence-electron chi connectivity index (χ4n) is 0.885. The Morgan fingerprint density at radius 2 is 2.21 bits per heavy atom. The smallest absolute Gasteiger partial charge is 0.387 e. The summed E-state index contributed by atoms with van der Waals surface area (Å²) in [5, 5.41) is 12.3. The summed E-state index contributed by atoms with van der Waals surface area (Å²) in [4.78, 5) is 0. The zero-order valence-corrected chi connectivity index (χ0v) is 7.08. The van der Waals surface area contributed by atoms with Gasteiger partial charge in [0.25, 0.3) is 0 Å². The van der Waals surface area contributed by atoms with E-state index < -0.39 is 18.0 Å². The maximum Gasteiger partial charge on any atom is 0.452 e. The number of nitrogens with zero attached hydrogens (tertiary/aromatic N) is 1. The number of nitrogens with two attached hydrogens (primary N) is 1. The zero-order valence-electron chi connectivity index (χ0n) is 7.08. The van der Waals surface area contributed by atoms with Gasteiger partial charge in [-0.2, -0.15) is 13.2 Å². The molecular weight excluding hydrogens is 201 g/mol. The first-order chi connectivity index (χ1) is 6.45. The molecule has 0 aliphatic heterocycles. The molecule has 3 N–H and O–H groups in total. The lowest BCUT2D eigenvalue weighted by atomic mass is 10.2. The molecule has 0 amide bonds. The number of aliphatic hydroxyl groups excluding tert-OH is 1. The van der Waals surface area contributed by atoms with Crippen LogP contribution in [0.3, 0.4) is 0 Å². The first-order valence-corrected chi connectivity index (χ1v) is 3.87. The Morgan fingerprint density at radius 1 is 1.57 bits per heavy atom. The van der Waals surface area contributed by atoms with Crippen molar-refractivity contribution < 1.29 is 22.8 Å². The number of aromatic nitrogens is 1. The number of halogens is 3. The average molecular weight is 210 g/mol. The molecule has 0 saturated heterocycles. The minimum absolute atomic E-state index is 0.143.